The lowest BCUT2D eigenvalue weighted by molar-refractivity contribution is -0.384. The predicted octanol–water partition coefficient (Wildman–Crippen LogP) is 3.77. The minimum absolute atomic E-state index is 0.0285. The van der Waals surface area contributed by atoms with E-state index < -0.39 is 4.92 Å². The summed E-state index contributed by atoms with van der Waals surface area (Å²) in [5.41, 5.74) is 1.40. The SMILES string of the molecule is O=C(/C=C/c1cccc([N+](=O)[O-])c1)Nc1nc(-c2ccccc2)ns1. The Labute approximate surface area is 147 Å². The van der Waals surface area contributed by atoms with Crippen LogP contribution in [-0.2, 0) is 4.79 Å². The van der Waals surface area contributed by atoms with Gasteiger partial charge in [0.05, 0.1) is 4.92 Å². The third-order valence-electron chi connectivity index (χ3n) is 3.20. The van der Waals surface area contributed by atoms with Crippen LogP contribution in [0.2, 0.25) is 0 Å². The quantitative estimate of drug-likeness (QED) is 0.428. The Morgan fingerprint density at radius 3 is 2.72 bits per heavy atom. The van der Waals surface area contributed by atoms with Crippen LogP contribution in [0.15, 0.2) is 60.7 Å². The number of carbonyl (C=O) groups is 1. The van der Waals surface area contributed by atoms with Crippen molar-refractivity contribution in [2.75, 3.05) is 5.32 Å². The van der Waals surface area contributed by atoms with Gasteiger partial charge in [-0.15, -0.1) is 0 Å². The fraction of sp³-hybridized carbons (Fsp3) is 0. The molecule has 0 aliphatic rings. The Kier molecular flexibility index (Phi) is 4.91. The average molecular weight is 352 g/mol. The highest BCUT2D eigenvalue weighted by Crippen LogP contribution is 2.20. The van der Waals surface area contributed by atoms with Gasteiger partial charge < -0.3 is 0 Å². The van der Waals surface area contributed by atoms with Gasteiger partial charge in [0.1, 0.15) is 0 Å². The van der Waals surface area contributed by atoms with Crippen LogP contribution in [0, 0.1) is 10.1 Å². The lowest BCUT2D eigenvalue weighted by Crippen LogP contribution is -2.07. The maximum absolute atomic E-state index is 12.0. The number of nitrogens with one attached hydrogen (secondary N) is 1. The topological polar surface area (TPSA) is 98.0 Å². The van der Waals surface area contributed by atoms with E-state index in [0.717, 1.165) is 17.1 Å². The fourth-order valence-corrected chi connectivity index (χ4v) is 2.63. The average Bonchev–Trinajstić information content (AvgIpc) is 3.09. The summed E-state index contributed by atoms with van der Waals surface area (Å²) in [6, 6.07) is 15.5. The molecule has 1 N–H and O–H groups in total. The lowest BCUT2D eigenvalue weighted by atomic mass is 10.2. The van der Waals surface area contributed by atoms with Crippen LogP contribution in [-0.4, -0.2) is 20.2 Å². The van der Waals surface area contributed by atoms with Crippen molar-refractivity contribution in [3.63, 3.8) is 0 Å². The first-order chi connectivity index (χ1) is 12.1. The molecule has 0 spiro atoms. The first-order valence-electron chi connectivity index (χ1n) is 7.24. The summed E-state index contributed by atoms with van der Waals surface area (Å²) in [6.45, 7) is 0. The van der Waals surface area contributed by atoms with Crippen molar-refractivity contribution >= 4 is 34.3 Å². The number of aromatic nitrogens is 2. The fourth-order valence-electron chi connectivity index (χ4n) is 2.04. The molecule has 1 heterocycles. The van der Waals surface area contributed by atoms with E-state index >= 15 is 0 Å². The molecule has 0 unspecified atom stereocenters. The number of amides is 1. The number of carbonyl (C=O) groups excluding carboxylic acids is 1. The number of hydrogen-bond donors (Lipinski definition) is 1. The molecule has 0 radical (unpaired) electrons. The van der Waals surface area contributed by atoms with Crippen LogP contribution in [0.4, 0.5) is 10.8 Å². The minimum Gasteiger partial charge on any atom is -0.297 e. The molecule has 0 fully saturated rings. The zero-order valence-electron chi connectivity index (χ0n) is 12.8. The van der Waals surface area contributed by atoms with E-state index in [1.807, 2.05) is 30.3 Å². The number of rotatable bonds is 5. The van der Waals surface area contributed by atoms with Crippen molar-refractivity contribution in [3.05, 3.63) is 76.4 Å². The van der Waals surface area contributed by atoms with Gasteiger partial charge in [-0.25, -0.2) is 0 Å². The van der Waals surface area contributed by atoms with E-state index in [9.17, 15) is 14.9 Å². The highest BCUT2D eigenvalue weighted by Gasteiger charge is 2.08. The van der Waals surface area contributed by atoms with Crippen molar-refractivity contribution < 1.29 is 9.72 Å². The second-order valence-corrected chi connectivity index (χ2v) is 5.72. The molecule has 7 nitrogen and oxygen atoms in total. The van der Waals surface area contributed by atoms with Crippen molar-refractivity contribution in [1.29, 1.82) is 0 Å². The molecule has 0 aliphatic carbocycles. The zero-order valence-corrected chi connectivity index (χ0v) is 13.6. The van der Waals surface area contributed by atoms with Gasteiger partial charge in [0, 0.05) is 35.3 Å². The van der Waals surface area contributed by atoms with Crippen LogP contribution in [0.1, 0.15) is 5.56 Å². The molecule has 25 heavy (non-hydrogen) atoms. The number of nitro groups is 1. The van der Waals surface area contributed by atoms with Gasteiger partial charge in [-0.2, -0.15) is 9.36 Å². The number of nitro benzene ring substituents is 1. The van der Waals surface area contributed by atoms with Gasteiger partial charge in [-0.1, -0.05) is 42.5 Å². The third-order valence-corrected chi connectivity index (χ3v) is 3.83. The smallest absolute Gasteiger partial charge is 0.270 e. The third kappa shape index (κ3) is 4.33. The lowest BCUT2D eigenvalue weighted by Gasteiger charge is -1.96. The van der Waals surface area contributed by atoms with Crippen LogP contribution < -0.4 is 5.32 Å². The molecule has 3 aromatic rings. The van der Waals surface area contributed by atoms with E-state index in [2.05, 4.69) is 14.7 Å². The molecular weight excluding hydrogens is 340 g/mol. The first kappa shape index (κ1) is 16.5. The van der Waals surface area contributed by atoms with Gasteiger partial charge in [0.25, 0.3) is 5.69 Å². The summed E-state index contributed by atoms with van der Waals surface area (Å²) < 4.78 is 4.21. The Morgan fingerprint density at radius 2 is 1.96 bits per heavy atom. The zero-order chi connectivity index (χ0) is 17.6. The maximum atomic E-state index is 12.0. The number of benzene rings is 2. The van der Waals surface area contributed by atoms with Crippen molar-refractivity contribution in [3.8, 4) is 11.4 Å². The van der Waals surface area contributed by atoms with Gasteiger partial charge in [-0.05, 0) is 11.6 Å². The molecule has 3 rings (SSSR count). The highest BCUT2D eigenvalue weighted by atomic mass is 32.1. The van der Waals surface area contributed by atoms with Crippen molar-refractivity contribution in [2.24, 2.45) is 0 Å². The van der Waals surface area contributed by atoms with E-state index in [1.54, 1.807) is 12.1 Å². The standard InChI is InChI=1S/C17H12N4O3S/c22-15(10-9-12-5-4-8-14(11-12)21(23)24)18-17-19-16(20-25-17)13-6-2-1-3-7-13/h1-11H,(H,18,19,20,22)/b10-9+. The van der Waals surface area contributed by atoms with Crippen LogP contribution in [0.25, 0.3) is 17.5 Å². The molecule has 8 heteroatoms. The number of anilines is 1. The number of hydrogen-bond acceptors (Lipinski definition) is 6. The maximum Gasteiger partial charge on any atom is 0.270 e. The van der Waals surface area contributed by atoms with Gasteiger partial charge in [0.15, 0.2) is 5.82 Å². The van der Waals surface area contributed by atoms with Crippen LogP contribution in [0.5, 0.6) is 0 Å². The van der Waals surface area contributed by atoms with Gasteiger partial charge >= 0.3 is 0 Å². The summed E-state index contributed by atoms with van der Waals surface area (Å²) in [4.78, 5) is 26.5. The summed E-state index contributed by atoms with van der Waals surface area (Å²) in [7, 11) is 0. The molecule has 0 bridgehead atoms. The summed E-state index contributed by atoms with van der Waals surface area (Å²) in [5.74, 6) is 0.158. The summed E-state index contributed by atoms with van der Waals surface area (Å²) >= 11 is 1.08. The number of non-ortho nitro benzene ring substituents is 1. The van der Waals surface area contributed by atoms with E-state index in [-0.39, 0.29) is 11.6 Å². The van der Waals surface area contributed by atoms with Crippen molar-refractivity contribution in [2.45, 2.75) is 0 Å². The van der Waals surface area contributed by atoms with E-state index in [0.29, 0.717) is 16.5 Å². The van der Waals surface area contributed by atoms with Gasteiger partial charge in [-0.3, -0.25) is 20.2 Å². The van der Waals surface area contributed by atoms with E-state index in [1.165, 1.54) is 24.3 Å². The Hall–Kier alpha value is -3.39. The molecule has 0 aliphatic heterocycles. The highest BCUT2D eigenvalue weighted by molar-refractivity contribution is 7.10. The van der Waals surface area contributed by atoms with Gasteiger partial charge in [0.2, 0.25) is 11.0 Å². The molecular formula is C17H12N4O3S. The second-order valence-electron chi connectivity index (χ2n) is 4.96. The first-order valence-corrected chi connectivity index (χ1v) is 8.02. The normalized spacial score (nSPS) is 10.7. The van der Waals surface area contributed by atoms with Crippen LogP contribution >= 0.6 is 11.5 Å². The largest absolute Gasteiger partial charge is 0.297 e. The van der Waals surface area contributed by atoms with E-state index in [4.69, 9.17) is 0 Å². The summed E-state index contributed by atoms with van der Waals surface area (Å²) in [6.07, 6.45) is 2.80. The van der Waals surface area contributed by atoms with Crippen LogP contribution in [0.3, 0.4) is 0 Å². The number of nitrogens with zero attached hydrogens (tertiary/aromatic N) is 3. The molecule has 0 atom stereocenters. The molecule has 0 saturated carbocycles. The Morgan fingerprint density at radius 1 is 1.16 bits per heavy atom. The summed E-state index contributed by atoms with van der Waals surface area (Å²) in [5, 5.41) is 13.7. The van der Waals surface area contributed by atoms with Crippen molar-refractivity contribution in [1.82, 2.24) is 9.36 Å². The molecule has 0 saturated heterocycles. The Balaban J connectivity index is 1.66. The molecule has 1 amide bonds. The minimum atomic E-state index is -0.482. The molecule has 124 valence electrons. The predicted molar refractivity (Wildman–Crippen MR) is 96.1 cm³/mol. The Bertz CT molecular complexity index is 938. The molecule has 1 aromatic heterocycles. The monoisotopic (exact) mass is 352 g/mol. The molecule has 2 aromatic carbocycles. The second kappa shape index (κ2) is 7.45.